The summed E-state index contributed by atoms with van der Waals surface area (Å²) in [6.07, 6.45) is 0. The van der Waals surface area contributed by atoms with Crippen LogP contribution in [0.3, 0.4) is 0 Å². The van der Waals surface area contributed by atoms with Crippen LogP contribution in [0.5, 0.6) is 11.5 Å². The molecule has 1 aromatic rings. The van der Waals surface area contributed by atoms with Gasteiger partial charge in [-0.1, -0.05) is 11.6 Å². The molecule has 3 N–H and O–H groups in total. The highest BCUT2D eigenvalue weighted by Gasteiger charge is 2.20. The number of aryl methyl sites for hydroxylation is 1. The maximum absolute atomic E-state index is 9.07. The van der Waals surface area contributed by atoms with Crippen molar-refractivity contribution in [3.05, 3.63) is 22.2 Å². The van der Waals surface area contributed by atoms with Crippen LogP contribution < -0.4 is 15.2 Å². The zero-order valence-corrected chi connectivity index (χ0v) is 10.3. The fourth-order valence-electron chi connectivity index (χ4n) is 1.63. The van der Waals surface area contributed by atoms with Crippen LogP contribution in [0.25, 0.3) is 0 Å². The molecule has 0 amide bonds. The average Bonchev–Trinajstić information content (AvgIpc) is 2.27. The van der Waals surface area contributed by atoms with Gasteiger partial charge >= 0.3 is 0 Å². The topological polar surface area (TPSA) is 64.7 Å². The highest BCUT2D eigenvalue weighted by Crippen LogP contribution is 2.41. The van der Waals surface area contributed by atoms with Gasteiger partial charge in [0.25, 0.3) is 0 Å². The number of rotatable bonds is 4. The lowest BCUT2D eigenvalue weighted by molar-refractivity contribution is 0.267. The maximum Gasteiger partial charge on any atom is 0.179 e. The molecule has 90 valence electrons. The summed E-state index contributed by atoms with van der Waals surface area (Å²) in [6, 6.07) is 1.27. The number of halogens is 1. The second kappa shape index (κ2) is 5.39. The predicted molar refractivity (Wildman–Crippen MR) is 63.3 cm³/mol. The first-order valence-corrected chi connectivity index (χ1v) is 5.22. The van der Waals surface area contributed by atoms with Gasteiger partial charge in [0.05, 0.1) is 31.9 Å². The Hall–Kier alpha value is -0.970. The number of aliphatic hydroxyl groups is 1. The van der Waals surface area contributed by atoms with Crippen LogP contribution in [0, 0.1) is 6.92 Å². The van der Waals surface area contributed by atoms with E-state index in [4.69, 9.17) is 31.9 Å². The number of aliphatic hydroxyl groups excluding tert-OH is 1. The zero-order valence-electron chi connectivity index (χ0n) is 9.58. The van der Waals surface area contributed by atoms with Gasteiger partial charge < -0.3 is 20.3 Å². The molecule has 0 aliphatic heterocycles. The molecular formula is C11H16ClNO3. The van der Waals surface area contributed by atoms with Crippen molar-refractivity contribution in [3.8, 4) is 11.5 Å². The van der Waals surface area contributed by atoms with E-state index in [1.807, 2.05) is 6.92 Å². The van der Waals surface area contributed by atoms with E-state index in [1.165, 1.54) is 7.11 Å². The van der Waals surface area contributed by atoms with Crippen LogP contribution in [0.2, 0.25) is 5.02 Å². The van der Waals surface area contributed by atoms with Gasteiger partial charge in [-0.2, -0.15) is 0 Å². The lowest BCUT2D eigenvalue weighted by atomic mass is 10.0. The van der Waals surface area contributed by atoms with Crippen LogP contribution in [0.4, 0.5) is 0 Å². The molecule has 1 atom stereocenters. The number of hydrogen-bond acceptors (Lipinski definition) is 4. The second-order valence-electron chi connectivity index (χ2n) is 3.45. The normalized spacial score (nSPS) is 12.4. The SMILES string of the molecule is COc1cc(C)c(C(N)CO)c(Cl)c1OC. The number of hydrogen-bond donors (Lipinski definition) is 2. The summed E-state index contributed by atoms with van der Waals surface area (Å²) in [6.45, 7) is 1.69. The van der Waals surface area contributed by atoms with E-state index < -0.39 is 6.04 Å². The molecule has 0 radical (unpaired) electrons. The van der Waals surface area contributed by atoms with E-state index in [1.54, 1.807) is 13.2 Å². The van der Waals surface area contributed by atoms with Crippen molar-refractivity contribution >= 4 is 11.6 Å². The Labute approximate surface area is 99.9 Å². The molecule has 1 rings (SSSR count). The molecule has 16 heavy (non-hydrogen) atoms. The number of nitrogens with two attached hydrogens (primary N) is 1. The van der Waals surface area contributed by atoms with E-state index in [9.17, 15) is 0 Å². The van der Waals surface area contributed by atoms with Gasteiger partial charge in [-0.25, -0.2) is 0 Å². The fourth-order valence-corrected chi connectivity index (χ4v) is 2.09. The Morgan fingerprint density at radius 1 is 1.44 bits per heavy atom. The van der Waals surface area contributed by atoms with Crippen molar-refractivity contribution < 1.29 is 14.6 Å². The molecule has 0 aliphatic carbocycles. The Kier molecular flexibility index (Phi) is 4.41. The first-order chi connectivity index (χ1) is 7.56. The Bertz CT molecular complexity index is 382. The minimum Gasteiger partial charge on any atom is -0.493 e. The van der Waals surface area contributed by atoms with Crippen LogP contribution in [0.15, 0.2) is 6.07 Å². The summed E-state index contributed by atoms with van der Waals surface area (Å²) in [5.74, 6) is 0.993. The Balaban J connectivity index is 3.40. The van der Waals surface area contributed by atoms with E-state index in [0.717, 1.165) is 5.56 Å². The van der Waals surface area contributed by atoms with Crippen LogP contribution in [-0.2, 0) is 0 Å². The second-order valence-corrected chi connectivity index (χ2v) is 3.82. The standard InChI is InChI=1S/C11H16ClNO3/c1-6-4-8(15-2)11(16-3)10(12)9(6)7(13)5-14/h4,7,14H,5,13H2,1-3H3. The summed E-state index contributed by atoms with van der Waals surface area (Å²) in [5, 5.41) is 9.46. The Morgan fingerprint density at radius 2 is 2.06 bits per heavy atom. The van der Waals surface area contributed by atoms with Crippen molar-refractivity contribution in [2.45, 2.75) is 13.0 Å². The molecule has 0 heterocycles. The van der Waals surface area contributed by atoms with Gasteiger partial charge in [-0.15, -0.1) is 0 Å². The van der Waals surface area contributed by atoms with Crippen LogP contribution >= 0.6 is 11.6 Å². The number of ether oxygens (including phenoxy) is 2. The number of methoxy groups -OCH3 is 2. The lowest BCUT2D eigenvalue weighted by Crippen LogP contribution is -2.16. The van der Waals surface area contributed by atoms with Gasteiger partial charge in [0.15, 0.2) is 11.5 Å². The van der Waals surface area contributed by atoms with Gasteiger partial charge in [-0.05, 0) is 24.1 Å². The summed E-state index contributed by atoms with van der Waals surface area (Å²) < 4.78 is 10.3. The summed E-state index contributed by atoms with van der Waals surface area (Å²) >= 11 is 6.18. The van der Waals surface area contributed by atoms with E-state index in [0.29, 0.717) is 22.1 Å². The molecule has 0 bridgehead atoms. The monoisotopic (exact) mass is 245 g/mol. The van der Waals surface area contributed by atoms with Gasteiger partial charge in [-0.3, -0.25) is 0 Å². The smallest absolute Gasteiger partial charge is 0.179 e. The first-order valence-electron chi connectivity index (χ1n) is 4.84. The lowest BCUT2D eigenvalue weighted by Gasteiger charge is -2.18. The van der Waals surface area contributed by atoms with E-state index >= 15 is 0 Å². The van der Waals surface area contributed by atoms with Crippen molar-refractivity contribution in [2.75, 3.05) is 20.8 Å². The minimum atomic E-state index is -0.521. The molecule has 4 nitrogen and oxygen atoms in total. The summed E-state index contributed by atoms with van der Waals surface area (Å²) in [7, 11) is 3.05. The highest BCUT2D eigenvalue weighted by molar-refractivity contribution is 6.33. The quantitative estimate of drug-likeness (QED) is 0.847. The largest absolute Gasteiger partial charge is 0.493 e. The third-order valence-electron chi connectivity index (χ3n) is 2.42. The molecule has 0 saturated heterocycles. The summed E-state index contributed by atoms with van der Waals surface area (Å²) in [5.41, 5.74) is 7.33. The van der Waals surface area contributed by atoms with E-state index in [-0.39, 0.29) is 6.61 Å². The molecule has 0 saturated carbocycles. The van der Waals surface area contributed by atoms with Gasteiger partial charge in [0.2, 0.25) is 0 Å². The number of benzene rings is 1. The molecule has 0 aliphatic rings. The molecule has 0 fully saturated rings. The minimum absolute atomic E-state index is 0.171. The predicted octanol–water partition coefficient (Wildman–Crippen LogP) is 1.66. The van der Waals surface area contributed by atoms with Crippen molar-refractivity contribution in [1.82, 2.24) is 0 Å². The van der Waals surface area contributed by atoms with Crippen molar-refractivity contribution in [3.63, 3.8) is 0 Å². The van der Waals surface area contributed by atoms with Crippen LogP contribution in [0.1, 0.15) is 17.2 Å². The molecule has 0 spiro atoms. The Morgan fingerprint density at radius 3 is 2.50 bits per heavy atom. The van der Waals surface area contributed by atoms with E-state index in [2.05, 4.69) is 0 Å². The third kappa shape index (κ3) is 2.24. The van der Waals surface area contributed by atoms with Crippen molar-refractivity contribution in [2.24, 2.45) is 5.73 Å². The summed E-state index contributed by atoms with van der Waals surface area (Å²) in [4.78, 5) is 0. The zero-order chi connectivity index (χ0) is 12.3. The average molecular weight is 246 g/mol. The highest BCUT2D eigenvalue weighted by atomic mass is 35.5. The third-order valence-corrected chi connectivity index (χ3v) is 2.80. The molecule has 1 aromatic carbocycles. The fraction of sp³-hybridized carbons (Fsp3) is 0.455. The molecule has 5 heteroatoms. The van der Waals surface area contributed by atoms with Crippen LogP contribution in [-0.4, -0.2) is 25.9 Å². The van der Waals surface area contributed by atoms with Gasteiger partial charge in [0.1, 0.15) is 0 Å². The first kappa shape index (κ1) is 13.1. The van der Waals surface area contributed by atoms with Gasteiger partial charge in [0, 0.05) is 0 Å². The molecule has 0 aromatic heterocycles. The molecule has 1 unspecified atom stereocenters. The molecular weight excluding hydrogens is 230 g/mol. The maximum atomic E-state index is 9.07. The van der Waals surface area contributed by atoms with Crippen molar-refractivity contribution in [1.29, 1.82) is 0 Å².